The maximum absolute atomic E-state index is 12.5. The highest BCUT2D eigenvalue weighted by Gasteiger charge is 2.30. The van der Waals surface area contributed by atoms with Crippen LogP contribution in [0.1, 0.15) is 16.8 Å². The summed E-state index contributed by atoms with van der Waals surface area (Å²) in [5, 5.41) is 29.5. The first kappa shape index (κ1) is 17.0. The van der Waals surface area contributed by atoms with Crippen LogP contribution in [0.5, 0.6) is 5.75 Å². The zero-order chi connectivity index (χ0) is 17.9. The van der Waals surface area contributed by atoms with Gasteiger partial charge in [-0.25, -0.2) is 0 Å². The van der Waals surface area contributed by atoms with E-state index in [0.717, 1.165) is 36.4 Å². The third-order valence-corrected chi connectivity index (χ3v) is 2.99. The average Bonchev–Trinajstić information content (AvgIpc) is 2.51. The Morgan fingerprint density at radius 2 is 2.04 bits per heavy atom. The van der Waals surface area contributed by atoms with Gasteiger partial charge in [0, 0.05) is 12.3 Å². The molecule has 0 aliphatic rings. The lowest BCUT2D eigenvalue weighted by molar-refractivity contribution is -0.385. The van der Waals surface area contributed by atoms with Gasteiger partial charge in [0.05, 0.1) is 27.3 Å². The van der Waals surface area contributed by atoms with Crippen LogP contribution < -0.4 is 0 Å². The van der Waals surface area contributed by atoms with Crippen molar-refractivity contribution >= 4 is 17.3 Å². The van der Waals surface area contributed by atoms with Crippen LogP contribution in [-0.2, 0) is 6.18 Å². The van der Waals surface area contributed by atoms with Crippen LogP contribution in [0, 0.1) is 21.4 Å². The molecule has 0 aliphatic heterocycles. The molecule has 0 atom stereocenters. The number of halogens is 3. The number of nitro groups is 1. The summed E-state index contributed by atoms with van der Waals surface area (Å²) in [6.45, 7) is 0. The maximum atomic E-state index is 12.5. The first-order valence-corrected chi connectivity index (χ1v) is 6.35. The standard InChI is InChI=1S/C15H8F3N3O3/c16-15(17,18)11-1-3-13(20-8-11)10(7-19)5-9-6-12(22)2-4-14(9)21(23)24/h1-6,8,22H/b10-5-. The van der Waals surface area contributed by atoms with Gasteiger partial charge in [0.2, 0.25) is 0 Å². The van der Waals surface area contributed by atoms with E-state index >= 15 is 0 Å². The number of pyridine rings is 1. The first-order chi connectivity index (χ1) is 11.2. The van der Waals surface area contributed by atoms with Gasteiger partial charge in [0.25, 0.3) is 5.69 Å². The number of allylic oxidation sites excluding steroid dienone is 1. The Kier molecular flexibility index (Phi) is 4.50. The second kappa shape index (κ2) is 6.37. The zero-order valence-electron chi connectivity index (χ0n) is 11.8. The minimum Gasteiger partial charge on any atom is -0.508 e. The van der Waals surface area contributed by atoms with E-state index in [4.69, 9.17) is 5.26 Å². The van der Waals surface area contributed by atoms with E-state index in [-0.39, 0.29) is 28.3 Å². The molecule has 0 aliphatic carbocycles. The molecule has 9 heteroatoms. The number of phenolic OH excluding ortho intramolecular Hbond substituents is 1. The third-order valence-electron chi connectivity index (χ3n) is 2.99. The van der Waals surface area contributed by atoms with Gasteiger partial charge in [-0.1, -0.05) is 0 Å². The summed E-state index contributed by atoms with van der Waals surface area (Å²) >= 11 is 0. The van der Waals surface area contributed by atoms with E-state index in [1.54, 1.807) is 6.07 Å². The average molecular weight is 335 g/mol. The Bertz CT molecular complexity index is 853. The molecule has 0 radical (unpaired) electrons. The molecule has 0 amide bonds. The Morgan fingerprint density at radius 3 is 2.54 bits per heavy atom. The van der Waals surface area contributed by atoms with Crippen molar-refractivity contribution in [2.45, 2.75) is 6.18 Å². The molecule has 0 spiro atoms. The minimum absolute atomic E-state index is 0.0711. The van der Waals surface area contributed by atoms with Crippen molar-refractivity contribution in [1.29, 1.82) is 5.26 Å². The molecule has 0 saturated heterocycles. The molecule has 1 N–H and O–H groups in total. The number of hydrogen-bond acceptors (Lipinski definition) is 5. The van der Waals surface area contributed by atoms with Crippen molar-refractivity contribution in [1.82, 2.24) is 4.98 Å². The van der Waals surface area contributed by atoms with Gasteiger partial charge in [-0.2, -0.15) is 18.4 Å². The number of rotatable bonds is 3. The monoisotopic (exact) mass is 335 g/mol. The van der Waals surface area contributed by atoms with E-state index < -0.39 is 16.7 Å². The molecule has 1 aromatic carbocycles. The molecular weight excluding hydrogens is 327 g/mol. The Balaban J connectivity index is 2.50. The van der Waals surface area contributed by atoms with Crippen LogP contribution in [-0.4, -0.2) is 15.0 Å². The molecule has 24 heavy (non-hydrogen) atoms. The van der Waals surface area contributed by atoms with E-state index in [0.29, 0.717) is 6.20 Å². The number of alkyl halides is 3. The third kappa shape index (κ3) is 3.67. The minimum atomic E-state index is -4.56. The fourth-order valence-electron chi connectivity index (χ4n) is 1.86. The smallest absolute Gasteiger partial charge is 0.417 e. The number of aromatic nitrogens is 1. The van der Waals surface area contributed by atoms with E-state index in [1.807, 2.05) is 0 Å². The summed E-state index contributed by atoms with van der Waals surface area (Å²) in [6, 6.07) is 6.70. The fourth-order valence-corrected chi connectivity index (χ4v) is 1.86. The molecule has 2 aromatic rings. The number of nitrogens with zero attached hydrogens (tertiary/aromatic N) is 3. The highest BCUT2D eigenvalue weighted by molar-refractivity contribution is 5.90. The molecule has 0 unspecified atom stereocenters. The predicted octanol–water partition coefficient (Wildman–Crippen LogP) is 3.78. The van der Waals surface area contributed by atoms with Crippen LogP contribution in [0.25, 0.3) is 11.6 Å². The van der Waals surface area contributed by atoms with Crippen LogP contribution in [0.3, 0.4) is 0 Å². The molecule has 1 aromatic heterocycles. The van der Waals surface area contributed by atoms with Crippen LogP contribution in [0.2, 0.25) is 0 Å². The molecule has 0 saturated carbocycles. The molecule has 0 bridgehead atoms. The number of aromatic hydroxyl groups is 1. The topological polar surface area (TPSA) is 100 Å². The normalized spacial score (nSPS) is 11.8. The lowest BCUT2D eigenvalue weighted by Crippen LogP contribution is -2.05. The van der Waals surface area contributed by atoms with Crippen LogP contribution in [0.15, 0.2) is 36.5 Å². The van der Waals surface area contributed by atoms with Crippen molar-refractivity contribution in [2.75, 3.05) is 0 Å². The Morgan fingerprint density at radius 1 is 1.33 bits per heavy atom. The number of benzene rings is 1. The SMILES string of the molecule is N#C/C(=C/c1cc(O)ccc1[N+](=O)[O-])c1ccc(C(F)(F)F)cn1. The molecule has 2 rings (SSSR count). The zero-order valence-corrected chi connectivity index (χ0v) is 11.8. The van der Waals surface area contributed by atoms with Crippen molar-refractivity contribution in [3.8, 4) is 11.8 Å². The maximum Gasteiger partial charge on any atom is 0.417 e. The Labute approximate surface area is 133 Å². The van der Waals surface area contributed by atoms with Crippen molar-refractivity contribution in [2.24, 2.45) is 0 Å². The van der Waals surface area contributed by atoms with Gasteiger partial charge < -0.3 is 5.11 Å². The number of nitriles is 1. The highest BCUT2D eigenvalue weighted by atomic mass is 19.4. The number of nitro benzene ring substituents is 1. The number of hydrogen-bond donors (Lipinski definition) is 1. The van der Waals surface area contributed by atoms with E-state index in [2.05, 4.69) is 4.98 Å². The lowest BCUT2D eigenvalue weighted by Gasteiger charge is -2.06. The lowest BCUT2D eigenvalue weighted by atomic mass is 10.1. The second-order valence-electron chi connectivity index (χ2n) is 4.60. The largest absolute Gasteiger partial charge is 0.508 e. The van der Waals surface area contributed by atoms with Gasteiger partial charge >= 0.3 is 6.18 Å². The van der Waals surface area contributed by atoms with E-state index in [9.17, 15) is 28.4 Å². The summed E-state index contributed by atoms with van der Waals surface area (Å²) in [7, 11) is 0. The molecule has 1 heterocycles. The summed E-state index contributed by atoms with van der Waals surface area (Å²) < 4.78 is 37.5. The van der Waals surface area contributed by atoms with Gasteiger partial charge in [-0.15, -0.1) is 0 Å². The van der Waals surface area contributed by atoms with Gasteiger partial charge in [0.15, 0.2) is 0 Å². The van der Waals surface area contributed by atoms with Gasteiger partial charge in [-0.3, -0.25) is 15.1 Å². The quantitative estimate of drug-likeness (QED) is 0.523. The summed E-state index contributed by atoms with van der Waals surface area (Å²) in [5.41, 5.74) is -1.68. The second-order valence-corrected chi connectivity index (χ2v) is 4.60. The van der Waals surface area contributed by atoms with Crippen molar-refractivity contribution < 1.29 is 23.2 Å². The van der Waals surface area contributed by atoms with E-state index in [1.165, 1.54) is 0 Å². The van der Waals surface area contributed by atoms with Crippen molar-refractivity contribution in [3.63, 3.8) is 0 Å². The molecule has 6 nitrogen and oxygen atoms in total. The summed E-state index contributed by atoms with van der Waals surface area (Å²) in [5.74, 6) is -0.260. The molecule has 122 valence electrons. The fraction of sp³-hybridized carbons (Fsp3) is 0.0667. The predicted molar refractivity (Wildman–Crippen MR) is 77.5 cm³/mol. The van der Waals surface area contributed by atoms with Gasteiger partial charge in [0.1, 0.15) is 11.8 Å². The molecule has 0 fully saturated rings. The number of phenols is 1. The highest BCUT2D eigenvalue weighted by Crippen LogP contribution is 2.30. The van der Waals surface area contributed by atoms with Crippen molar-refractivity contribution in [3.05, 3.63) is 63.5 Å². The van der Waals surface area contributed by atoms with Crippen LogP contribution >= 0.6 is 0 Å². The molecular formula is C15H8F3N3O3. The summed E-state index contributed by atoms with van der Waals surface area (Å²) in [6.07, 6.45) is -2.92. The van der Waals surface area contributed by atoms with Crippen LogP contribution in [0.4, 0.5) is 18.9 Å². The Hall–Kier alpha value is -3.41. The summed E-state index contributed by atoms with van der Waals surface area (Å²) in [4.78, 5) is 13.8. The first-order valence-electron chi connectivity index (χ1n) is 6.35. The van der Waals surface area contributed by atoms with Gasteiger partial charge in [-0.05, 0) is 30.3 Å².